The molecule has 2 aromatic rings. The molecule has 2 rings (SSSR count). The number of nitrogens with zero attached hydrogens (tertiary/aromatic N) is 3. The van der Waals surface area contributed by atoms with E-state index in [0.29, 0.717) is 17.7 Å². The van der Waals surface area contributed by atoms with Gasteiger partial charge in [-0.05, 0) is 38.0 Å². The molecule has 0 saturated carbocycles. The van der Waals surface area contributed by atoms with Gasteiger partial charge >= 0.3 is 6.09 Å². The maximum absolute atomic E-state index is 13.2. The maximum Gasteiger partial charge on any atom is 0.416 e. The Morgan fingerprint density at radius 1 is 1.21 bits per heavy atom. The number of ether oxygens (including phenoxy) is 1. The molecule has 10 heteroatoms. The highest BCUT2D eigenvalue weighted by atomic mass is 35.5. The summed E-state index contributed by atoms with van der Waals surface area (Å²) in [7, 11) is -0.468. The molecule has 0 spiro atoms. The van der Waals surface area contributed by atoms with Crippen LogP contribution in [-0.2, 0) is 16.4 Å². The number of aryl methyl sites for hydroxylation is 2. The van der Waals surface area contributed by atoms with Crippen molar-refractivity contribution in [3.8, 4) is 5.88 Å². The van der Waals surface area contributed by atoms with Crippen LogP contribution in [0.2, 0.25) is 5.02 Å². The Kier molecular flexibility index (Phi) is 6.74. The molecule has 0 aliphatic rings. The Morgan fingerprint density at radius 2 is 1.83 bits per heavy atom. The molecule has 1 amide bonds. The predicted molar refractivity (Wildman–Crippen MR) is 110 cm³/mol. The molecule has 0 fully saturated rings. The Balaban J connectivity index is 2.63. The largest absolute Gasteiger partial charge is 0.416 e. The highest BCUT2D eigenvalue weighted by Gasteiger charge is 2.28. The number of rotatable bonds is 6. The molecule has 0 saturated heterocycles. The zero-order valence-corrected chi connectivity index (χ0v) is 18.8. The number of halogens is 1. The van der Waals surface area contributed by atoms with Crippen molar-refractivity contribution in [3.05, 3.63) is 39.5 Å². The van der Waals surface area contributed by atoms with Crippen molar-refractivity contribution < 1.29 is 22.7 Å². The van der Waals surface area contributed by atoms with Gasteiger partial charge in [-0.25, -0.2) is 17.9 Å². The van der Waals surface area contributed by atoms with Gasteiger partial charge in [0.25, 0.3) is 0 Å². The lowest BCUT2D eigenvalue weighted by Gasteiger charge is -2.15. The second-order valence-corrected chi connectivity index (χ2v) is 9.28. The van der Waals surface area contributed by atoms with Gasteiger partial charge in [-0.1, -0.05) is 18.5 Å². The van der Waals surface area contributed by atoms with Crippen molar-refractivity contribution in [2.24, 2.45) is 0 Å². The summed E-state index contributed by atoms with van der Waals surface area (Å²) in [5.41, 5.74) is 0.918. The molecule has 1 aromatic carbocycles. The Labute approximate surface area is 175 Å². The first-order valence-electron chi connectivity index (χ1n) is 8.98. The van der Waals surface area contributed by atoms with E-state index in [2.05, 4.69) is 5.10 Å². The van der Waals surface area contributed by atoms with Crippen molar-refractivity contribution in [1.29, 1.82) is 0 Å². The highest BCUT2D eigenvalue weighted by molar-refractivity contribution is 7.91. The van der Waals surface area contributed by atoms with Crippen molar-refractivity contribution in [2.45, 2.75) is 39.1 Å². The van der Waals surface area contributed by atoms with E-state index in [4.69, 9.17) is 16.3 Å². The van der Waals surface area contributed by atoms with Crippen LogP contribution >= 0.6 is 11.6 Å². The molecule has 1 heterocycles. The van der Waals surface area contributed by atoms with Gasteiger partial charge in [0.2, 0.25) is 11.7 Å². The van der Waals surface area contributed by atoms with Crippen LogP contribution in [0.5, 0.6) is 5.88 Å². The molecule has 0 radical (unpaired) electrons. The van der Waals surface area contributed by atoms with E-state index in [-0.39, 0.29) is 32.7 Å². The van der Waals surface area contributed by atoms with Crippen LogP contribution in [0.4, 0.5) is 4.79 Å². The number of sulfone groups is 1. The van der Waals surface area contributed by atoms with E-state index in [0.717, 1.165) is 0 Å². The molecule has 0 bridgehead atoms. The van der Waals surface area contributed by atoms with Crippen LogP contribution in [0, 0.1) is 13.8 Å². The zero-order valence-electron chi connectivity index (χ0n) is 17.2. The molecular weight excluding hydrogens is 418 g/mol. The molecule has 29 heavy (non-hydrogen) atoms. The monoisotopic (exact) mass is 441 g/mol. The zero-order chi connectivity index (χ0) is 22.1. The third kappa shape index (κ3) is 4.30. The third-order valence-corrected chi connectivity index (χ3v) is 6.94. The van der Waals surface area contributed by atoms with Crippen molar-refractivity contribution in [2.75, 3.05) is 19.8 Å². The number of benzene rings is 1. The van der Waals surface area contributed by atoms with Crippen LogP contribution in [0.1, 0.15) is 40.9 Å². The molecule has 0 N–H and O–H groups in total. The van der Waals surface area contributed by atoms with Crippen molar-refractivity contribution in [1.82, 2.24) is 14.7 Å². The van der Waals surface area contributed by atoms with E-state index in [1.165, 1.54) is 35.9 Å². The standard InChI is InChI=1S/C19H24ClN3O5S/c1-7-23-18(28-19(25)22(5)6)14(10-21-23)16(24)13-9-11(3)17(12(4)15(13)20)29(26,27)8-2/h9-10H,7-8H2,1-6H3. The highest BCUT2D eigenvalue weighted by Crippen LogP contribution is 2.33. The normalized spacial score (nSPS) is 11.4. The first kappa shape index (κ1) is 22.9. The molecule has 0 aliphatic heterocycles. The van der Waals surface area contributed by atoms with Gasteiger partial charge in [-0.3, -0.25) is 4.79 Å². The number of hydrogen-bond acceptors (Lipinski definition) is 6. The second kappa shape index (κ2) is 8.54. The Hall–Kier alpha value is -2.39. The number of carbonyl (C=O) groups is 2. The fraction of sp³-hybridized carbons (Fsp3) is 0.421. The third-order valence-electron chi connectivity index (χ3n) is 4.45. The van der Waals surface area contributed by atoms with Gasteiger partial charge in [0.1, 0.15) is 5.56 Å². The number of amides is 1. The van der Waals surface area contributed by atoms with E-state index < -0.39 is 21.7 Å². The van der Waals surface area contributed by atoms with Crippen LogP contribution in [0.15, 0.2) is 17.2 Å². The summed E-state index contributed by atoms with van der Waals surface area (Å²) in [5.74, 6) is -0.581. The van der Waals surface area contributed by atoms with Gasteiger partial charge in [-0.2, -0.15) is 5.10 Å². The van der Waals surface area contributed by atoms with Gasteiger partial charge < -0.3 is 9.64 Å². The fourth-order valence-corrected chi connectivity index (χ4v) is 4.61. The summed E-state index contributed by atoms with van der Waals surface area (Å²) in [4.78, 5) is 26.6. The maximum atomic E-state index is 13.2. The predicted octanol–water partition coefficient (Wildman–Crippen LogP) is 3.26. The lowest BCUT2D eigenvalue weighted by molar-refractivity contribution is 0.103. The second-order valence-electron chi connectivity index (χ2n) is 6.68. The smallest absolute Gasteiger partial charge is 0.391 e. The van der Waals surface area contributed by atoms with Gasteiger partial charge in [-0.15, -0.1) is 0 Å². The minimum absolute atomic E-state index is 0.00725. The summed E-state index contributed by atoms with van der Waals surface area (Å²) in [5, 5.41) is 4.14. The Bertz CT molecular complexity index is 1070. The van der Waals surface area contributed by atoms with Gasteiger partial charge in [0.15, 0.2) is 9.84 Å². The van der Waals surface area contributed by atoms with Crippen LogP contribution < -0.4 is 4.74 Å². The Morgan fingerprint density at radius 3 is 2.34 bits per heavy atom. The van der Waals surface area contributed by atoms with E-state index in [9.17, 15) is 18.0 Å². The van der Waals surface area contributed by atoms with Crippen molar-refractivity contribution in [3.63, 3.8) is 0 Å². The van der Waals surface area contributed by atoms with Crippen molar-refractivity contribution >= 4 is 33.3 Å². The number of aromatic nitrogens is 2. The molecule has 8 nitrogen and oxygen atoms in total. The quantitative estimate of drug-likeness (QED) is 0.638. The molecule has 1 aromatic heterocycles. The summed E-state index contributed by atoms with van der Waals surface area (Å²) >= 11 is 6.40. The SMILES string of the molecule is CCn1ncc(C(=O)c2cc(C)c(S(=O)(=O)CC)c(C)c2Cl)c1OC(=O)N(C)C. The van der Waals surface area contributed by atoms with E-state index >= 15 is 0 Å². The van der Waals surface area contributed by atoms with Crippen LogP contribution in [0.3, 0.4) is 0 Å². The van der Waals surface area contributed by atoms with Crippen LogP contribution in [0.25, 0.3) is 0 Å². The molecule has 0 aliphatic carbocycles. The number of ketones is 1. The minimum Gasteiger partial charge on any atom is -0.391 e. The van der Waals surface area contributed by atoms with E-state index in [1.807, 2.05) is 0 Å². The molecule has 158 valence electrons. The number of hydrogen-bond donors (Lipinski definition) is 0. The van der Waals surface area contributed by atoms with Crippen LogP contribution in [-0.4, -0.2) is 54.8 Å². The average Bonchev–Trinajstić information content (AvgIpc) is 3.06. The average molecular weight is 442 g/mol. The van der Waals surface area contributed by atoms with E-state index in [1.54, 1.807) is 27.7 Å². The summed E-state index contributed by atoms with van der Waals surface area (Å²) < 4.78 is 31.5. The first-order chi connectivity index (χ1) is 13.5. The summed E-state index contributed by atoms with van der Waals surface area (Å²) in [6, 6.07) is 1.45. The van der Waals surface area contributed by atoms with Gasteiger partial charge in [0.05, 0.1) is 21.9 Å². The number of carbonyl (C=O) groups excluding carboxylic acids is 2. The summed E-state index contributed by atoms with van der Waals surface area (Å²) in [6.07, 6.45) is 0.652. The summed E-state index contributed by atoms with van der Waals surface area (Å²) in [6.45, 7) is 6.90. The topological polar surface area (TPSA) is 98.6 Å². The fourth-order valence-electron chi connectivity index (χ4n) is 2.91. The lowest BCUT2D eigenvalue weighted by atomic mass is 10.0. The van der Waals surface area contributed by atoms with Gasteiger partial charge in [0, 0.05) is 26.2 Å². The molecule has 0 unspecified atom stereocenters. The molecular formula is C19H24ClN3O5S. The minimum atomic E-state index is -3.51. The first-order valence-corrected chi connectivity index (χ1v) is 11.0. The lowest BCUT2D eigenvalue weighted by Crippen LogP contribution is -2.27. The molecule has 0 atom stereocenters.